The predicted molar refractivity (Wildman–Crippen MR) is 116 cm³/mol. The Bertz CT molecular complexity index is 814. The molecule has 0 aliphatic rings. The molecule has 0 fully saturated rings. The quantitative estimate of drug-likeness (QED) is 0.551. The molecule has 158 valence electrons. The highest BCUT2D eigenvalue weighted by atomic mass is 16.4. The summed E-state index contributed by atoms with van der Waals surface area (Å²) in [6, 6.07) is 7.66. The van der Waals surface area contributed by atoms with Crippen LogP contribution < -0.4 is 10.6 Å². The average molecular weight is 400 g/mol. The van der Waals surface area contributed by atoms with Crippen LogP contribution in [0.15, 0.2) is 39.9 Å². The van der Waals surface area contributed by atoms with Gasteiger partial charge in [-0.15, -0.1) is 0 Å². The summed E-state index contributed by atoms with van der Waals surface area (Å²) in [6.45, 7) is 12.7. The van der Waals surface area contributed by atoms with Crippen molar-refractivity contribution in [3.63, 3.8) is 0 Å². The number of rotatable bonds is 7. The van der Waals surface area contributed by atoms with Gasteiger partial charge in [0, 0.05) is 37.7 Å². The van der Waals surface area contributed by atoms with E-state index < -0.39 is 0 Å². The first-order valence-corrected chi connectivity index (χ1v) is 10.1. The van der Waals surface area contributed by atoms with Gasteiger partial charge in [0.05, 0.1) is 12.7 Å². The van der Waals surface area contributed by atoms with Crippen LogP contribution in [-0.2, 0) is 18.5 Å². The maximum atomic E-state index is 12.4. The fourth-order valence-corrected chi connectivity index (χ4v) is 2.76. The van der Waals surface area contributed by atoms with Gasteiger partial charge in [0.15, 0.2) is 5.96 Å². The van der Waals surface area contributed by atoms with Crippen molar-refractivity contribution < 1.29 is 9.21 Å². The number of hydrogen-bond acceptors (Lipinski definition) is 4. The number of guanidine groups is 1. The molecular weight excluding hydrogens is 366 g/mol. The van der Waals surface area contributed by atoms with Gasteiger partial charge in [-0.1, -0.05) is 32.9 Å². The van der Waals surface area contributed by atoms with Gasteiger partial charge in [0.1, 0.15) is 5.76 Å². The van der Waals surface area contributed by atoms with E-state index in [4.69, 9.17) is 4.42 Å². The van der Waals surface area contributed by atoms with Crippen LogP contribution in [0.5, 0.6) is 0 Å². The second-order valence-corrected chi connectivity index (χ2v) is 7.82. The van der Waals surface area contributed by atoms with Crippen molar-refractivity contribution in [1.29, 1.82) is 0 Å². The number of hydrogen-bond donors (Lipinski definition) is 2. The van der Waals surface area contributed by atoms with Crippen molar-refractivity contribution >= 4 is 11.9 Å². The van der Waals surface area contributed by atoms with Gasteiger partial charge in [0.25, 0.3) is 5.91 Å². The minimum absolute atomic E-state index is 0.0626. The Morgan fingerprint density at radius 1 is 1.10 bits per heavy atom. The summed E-state index contributed by atoms with van der Waals surface area (Å²) in [5.74, 6) is 2.20. The van der Waals surface area contributed by atoms with Crippen molar-refractivity contribution in [2.75, 3.05) is 20.1 Å². The molecule has 0 atom stereocenters. The molecule has 0 aliphatic carbocycles. The first kappa shape index (κ1) is 22.5. The molecule has 0 aliphatic heterocycles. The van der Waals surface area contributed by atoms with E-state index in [-0.39, 0.29) is 11.3 Å². The highest BCUT2D eigenvalue weighted by Gasteiger charge is 2.19. The minimum Gasteiger partial charge on any atom is -0.443 e. The first-order chi connectivity index (χ1) is 13.8. The third-order valence-corrected chi connectivity index (χ3v) is 4.63. The summed E-state index contributed by atoms with van der Waals surface area (Å²) < 4.78 is 5.79. The summed E-state index contributed by atoms with van der Waals surface area (Å²) in [5, 5.41) is 6.46. The lowest BCUT2D eigenvalue weighted by molar-refractivity contribution is 0.0773. The van der Waals surface area contributed by atoms with Crippen molar-refractivity contribution in [3.05, 3.63) is 53.2 Å². The van der Waals surface area contributed by atoms with E-state index in [0.717, 1.165) is 11.3 Å². The standard InChI is InChI=1S/C22H33N5O2/c1-7-27(8-2)20(28)17-11-9-16(10-12-17)13-25-21(23-6)26-15-19-24-14-18(29-19)22(3,4)5/h9-12,14H,7-8,13,15H2,1-6H3,(H2,23,25,26). The molecule has 1 aromatic carbocycles. The molecule has 7 nitrogen and oxygen atoms in total. The Morgan fingerprint density at radius 2 is 1.72 bits per heavy atom. The molecule has 7 heteroatoms. The zero-order valence-corrected chi connectivity index (χ0v) is 18.4. The average Bonchev–Trinajstić information content (AvgIpc) is 3.19. The minimum atomic E-state index is -0.0655. The van der Waals surface area contributed by atoms with Crippen molar-refractivity contribution in [3.8, 4) is 0 Å². The second-order valence-electron chi connectivity index (χ2n) is 7.82. The monoisotopic (exact) mass is 399 g/mol. The van der Waals surface area contributed by atoms with E-state index in [1.54, 1.807) is 13.2 Å². The van der Waals surface area contributed by atoms with Gasteiger partial charge >= 0.3 is 0 Å². The lowest BCUT2D eigenvalue weighted by Crippen LogP contribution is -2.36. The van der Waals surface area contributed by atoms with Crippen LogP contribution in [0.2, 0.25) is 0 Å². The molecule has 2 rings (SSSR count). The maximum Gasteiger partial charge on any atom is 0.253 e. The largest absolute Gasteiger partial charge is 0.443 e. The van der Waals surface area contributed by atoms with Gasteiger partial charge in [-0.3, -0.25) is 9.79 Å². The van der Waals surface area contributed by atoms with E-state index in [1.165, 1.54) is 0 Å². The highest BCUT2D eigenvalue weighted by molar-refractivity contribution is 5.94. The molecule has 29 heavy (non-hydrogen) atoms. The van der Waals surface area contributed by atoms with Crippen molar-refractivity contribution in [2.45, 2.75) is 53.1 Å². The number of carbonyl (C=O) groups is 1. The van der Waals surface area contributed by atoms with Crippen LogP contribution in [0.4, 0.5) is 0 Å². The van der Waals surface area contributed by atoms with Crippen LogP contribution in [0.3, 0.4) is 0 Å². The molecule has 2 N–H and O–H groups in total. The van der Waals surface area contributed by atoms with E-state index in [0.29, 0.717) is 43.6 Å². The SMILES string of the molecule is CCN(CC)C(=O)c1ccc(CNC(=NC)NCc2ncc(C(C)(C)C)o2)cc1. The maximum absolute atomic E-state index is 12.4. The Morgan fingerprint density at radius 3 is 2.24 bits per heavy atom. The van der Waals surface area contributed by atoms with Crippen molar-refractivity contribution in [1.82, 2.24) is 20.5 Å². The van der Waals surface area contributed by atoms with Gasteiger partial charge in [-0.25, -0.2) is 4.98 Å². The summed E-state index contributed by atoms with van der Waals surface area (Å²) >= 11 is 0. The molecule has 0 saturated heterocycles. The normalized spacial score (nSPS) is 12.0. The third kappa shape index (κ3) is 6.34. The summed E-state index contributed by atoms with van der Waals surface area (Å²) in [4.78, 5) is 22.7. The van der Waals surface area contributed by atoms with E-state index >= 15 is 0 Å². The number of aromatic nitrogens is 1. The summed E-state index contributed by atoms with van der Waals surface area (Å²) in [6.07, 6.45) is 1.77. The number of carbonyl (C=O) groups excluding carboxylic acids is 1. The molecule has 0 unspecified atom stereocenters. The number of oxazole rings is 1. The lowest BCUT2D eigenvalue weighted by atomic mass is 9.94. The number of benzene rings is 1. The smallest absolute Gasteiger partial charge is 0.253 e. The first-order valence-electron chi connectivity index (χ1n) is 10.1. The van der Waals surface area contributed by atoms with Crippen molar-refractivity contribution in [2.24, 2.45) is 4.99 Å². The molecular formula is C22H33N5O2. The van der Waals surface area contributed by atoms with Crippen LogP contribution in [-0.4, -0.2) is 41.9 Å². The van der Waals surface area contributed by atoms with Gasteiger partial charge in [0.2, 0.25) is 5.89 Å². The Labute approximate surface area is 173 Å². The topological polar surface area (TPSA) is 82.8 Å². The molecule has 0 saturated carbocycles. The summed E-state index contributed by atoms with van der Waals surface area (Å²) in [7, 11) is 1.72. The van der Waals surface area contributed by atoms with Crippen LogP contribution in [0, 0.1) is 0 Å². The van der Waals surface area contributed by atoms with E-state index in [1.807, 2.05) is 43.0 Å². The van der Waals surface area contributed by atoms with Gasteiger partial charge in [-0.2, -0.15) is 0 Å². The second kappa shape index (κ2) is 10.1. The molecule has 1 amide bonds. The Balaban J connectivity index is 1.87. The van der Waals surface area contributed by atoms with E-state index in [9.17, 15) is 4.79 Å². The van der Waals surface area contributed by atoms with E-state index in [2.05, 4.69) is 41.4 Å². The van der Waals surface area contributed by atoms with Gasteiger partial charge < -0.3 is 20.0 Å². The molecule has 0 spiro atoms. The number of nitrogens with one attached hydrogen (secondary N) is 2. The predicted octanol–water partition coefficient (Wildman–Crippen LogP) is 3.32. The molecule has 1 heterocycles. The van der Waals surface area contributed by atoms with Gasteiger partial charge in [-0.05, 0) is 31.5 Å². The summed E-state index contributed by atoms with van der Waals surface area (Å²) in [5.41, 5.74) is 1.71. The zero-order chi connectivity index (χ0) is 21.4. The Kier molecular flexibility index (Phi) is 7.82. The Hall–Kier alpha value is -2.83. The molecule has 0 radical (unpaired) electrons. The lowest BCUT2D eigenvalue weighted by Gasteiger charge is -2.18. The highest BCUT2D eigenvalue weighted by Crippen LogP contribution is 2.22. The van der Waals surface area contributed by atoms with Crippen LogP contribution in [0.1, 0.15) is 62.2 Å². The zero-order valence-electron chi connectivity index (χ0n) is 18.4. The van der Waals surface area contributed by atoms with Crippen LogP contribution in [0.25, 0.3) is 0 Å². The number of nitrogens with zero attached hydrogens (tertiary/aromatic N) is 3. The molecule has 0 bridgehead atoms. The molecule has 1 aromatic heterocycles. The van der Waals surface area contributed by atoms with Crippen LogP contribution >= 0.6 is 0 Å². The fraction of sp³-hybridized carbons (Fsp3) is 0.500. The number of aliphatic imine (C=N–C) groups is 1. The number of amides is 1. The molecule has 2 aromatic rings. The third-order valence-electron chi connectivity index (χ3n) is 4.63. The fourth-order valence-electron chi connectivity index (χ4n) is 2.76.